The number of carbonyl (C=O) groups excluding carboxylic acids is 1. The second-order valence-electron chi connectivity index (χ2n) is 23.2. The largest absolute Gasteiger partial charge is 0.394 e. The van der Waals surface area contributed by atoms with E-state index < -0.39 is 74.2 Å². The highest BCUT2D eigenvalue weighted by Gasteiger charge is 2.44. The molecule has 1 amide bonds. The van der Waals surface area contributed by atoms with Gasteiger partial charge in [-0.05, 0) is 77.0 Å². The molecule has 0 aliphatic carbocycles. The molecule has 9 unspecified atom stereocenters. The van der Waals surface area contributed by atoms with E-state index in [0.29, 0.717) is 19.3 Å². The number of nitrogens with one attached hydrogen (secondary N) is 1. The average Bonchev–Trinajstić information content (AvgIpc) is 3.43. The summed E-state index contributed by atoms with van der Waals surface area (Å²) in [4.78, 5) is 13.2. The molecule has 454 valence electrons. The van der Waals surface area contributed by atoms with E-state index in [0.717, 1.165) is 57.8 Å². The average molecular weight is 1090 g/mol. The summed E-state index contributed by atoms with van der Waals surface area (Å²) in [5, 5.41) is 76.3. The van der Waals surface area contributed by atoms with Crippen molar-refractivity contribution in [2.75, 3.05) is 13.2 Å². The maximum Gasteiger partial charge on any atom is 0.249 e. The molecule has 1 heterocycles. The first kappa shape index (κ1) is 73.3. The van der Waals surface area contributed by atoms with Gasteiger partial charge in [0.25, 0.3) is 0 Å². The number of aliphatic hydroxyl groups is 7. The lowest BCUT2D eigenvalue weighted by atomic mass is 9.98. The van der Waals surface area contributed by atoms with Gasteiger partial charge in [-0.25, -0.2) is 0 Å². The van der Waals surface area contributed by atoms with Crippen LogP contribution >= 0.6 is 0 Å². The van der Waals surface area contributed by atoms with Crippen LogP contribution in [0.3, 0.4) is 0 Å². The fraction of sp³-hybridized carbons (Fsp3) is 0.894. The highest BCUT2D eigenvalue weighted by Crippen LogP contribution is 2.24. The second-order valence-corrected chi connectivity index (χ2v) is 23.2. The Labute approximate surface area is 473 Å². The van der Waals surface area contributed by atoms with Crippen molar-refractivity contribution in [3.8, 4) is 0 Å². The normalized spacial score (nSPS) is 19.7. The Morgan fingerprint density at radius 3 is 1.16 bits per heavy atom. The van der Waals surface area contributed by atoms with Crippen molar-refractivity contribution in [3.63, 3.8) is 0 Å². The molecule has 0 aromatic rings. The Kier molecular flexibility index (Phi) is 52.3. The molecule has 8 N–H and O–H groups in total. The van der Waals surface area contributed by atoms with Crippen molar-refractivity contribution in [1.29, 1.82) is 0 Å². The zero-order chi connectivity index (χ0) is 56.1. The quantitative estimate of drug-likeness (QED) is 0.0215. The van der Waals surface area contributed by atoms with Crippen LogP contribution < -0.4 is 5.32 Å². The Morgan fingerprint density at radius 2 is 0.779 bits per heavy atom. The first-order valence-electron chi connectivity index (χ1n) is 32.9. The Bertz CT molecular complexity index is 1350. The van der Waals surface area contributed by atoms with Crippen LogP contribution in [0.4, 0.5) is 0 Å². The minimum Gasteiger partial charge on any atom is -0.394 e. The molecule has 1 fully saturated rings. The third-order valence-electron chi connectivity index (χ3n) is 15.9. The molecule has 9 atom stereocenters. The predicted octanol–water partition coefficient (Wildman–Crippen LogP) is 15.0. The van der Waals surface area contributed by atoms with Crippen LogP contribution in [0.15, 0.2) is 36.5 Å². The van der Waals surface area contributed by atoms with E-state index in [4.69, 9.17) is 9.47 Å². The van der Waals surface area contributed by atoms with E-state index in [1.54, 1.807) is 0 Å². The number of amides is 1. The molecule has 11 heteroatoms. The molecular formula is C66H125NO10. The Balaban J connectivity index is 2.27. The summed E-state index contributed by atoms with van der Waals surface area (Å²) in [7, 11) is 0. The maximum absolute atomic E-state index is 13.2. The van der Waals surface area contributed by atoms with Crippen molar-refractivity contribution in [1.82, 2.24) is 5.32 Å². The van der Waals surface area contributed by atoms with Crippen molar-refractivity contribution >= 4 is 5.91 Å². The van der Waals surface area contributed by atoms with Crippen LogP contribution in [-0.2, 0) is 14.3 Å². The van der Waals surface area contributed by atoms with Crippen molar-refractivity contribution in [2.45, 2.75) is 364 Å². The molecule has 1 saturated heterocycles. The van der Waals surface area contributed by atoms with Gasteiger partial charge in [0.1, 0.15) is 36.6 Å². The number of carbonyl (C=O) groups is 1. The smallest absolute Gasteiger partial charge is 0.249 e. The van der Waals surface area contributed by atoms with E-state index in [-0.39, 0.29) is 12.8 Å². The molecule has 1 aliphatic heterocycles. The molecule has 0 saturated carbocycles. The zero-order valence-corrected chi connectivity index (χ0v) is 50.0. The van der Waals surface area contributed by atoms with Gasteiger partial charge in [0.2, 0.25) is 5.91 Å². The monoisotopic (exact) mass is 1090 g/mol. The van der Waals surface area contributed by atoms with E-state index in [9.17, 15) is 40.5 Å². The number of hydrogen-bond acceptors (Lipinski definition) is 10. The van der Waals surface area contributed by atoms with E-state index in [1.807, 2.05) is 0 Å². The molecule has 77 heavy (non-hydrogen) atoms. The van der Waals surface area contributed by atoms with Crippen LogP contribution in [0.2, 0.25) is 0 Å². The fourth-order valence-corrected chi connectivity index (χ4v) is 10.6. The first-order chi connectivity index (χ1) is 37.7. The molecular weight excluding hydrogens is 967 g/mol. The van der Waals surface area contributed by atoms with Crippen LogP contribution in [0.5, 0.6) is 0 Å². The molecule has 1 aliphatic rings. The summed E-state index contributed by atoms with van der Waals surface area (Å²) in [6.45, 7) is 3.48. The van der Waals surface area contributed by atoms with E-state index in [1.165, 1.54) is 205 Å². The molecule has 0 radical (unpaired) electrons. The van der Waals surface area contributed by atoms with Gasteiger partial charge >= 0.3 is 0 Å². The van der Waals surface area contributed by atoms with E-state index >= 15 is 0 Å². The third kappa shape index (κ3) is 42.8. The van der Waals surface area contributed by atoms with Crippen LogP contribution in [0.25, 0.3) is 0 Å². The lowest BCUT2D eigenvalue weighted by molar-refractivity contribution is -0.303. The minimum atomic E-state index is -1.67. The molecule has 0 bridgehead atoms. The lowest BCUT2D eigenvalue weighted by Gasteiger charge is -2.40. The molecule has 1 rings (SSSR count). The van der Waals surface area contributed by atoms with Gasteiger partial charge in [0.15, 0.2) is 6.29 Å². The van der Waals surface area contributed by atoms with Gasteiger partial charge in [0.05, 0.1) is 25.4 Å². The Morgan fingerprint density at radius 1 is 0.442 bits per heavy atom. The van der Waals surface area contributed by atoms with Crippen molar-refractivity contribution in [3.05, 3.63) is 36.5 Å². The van der Waals surface area contributed by atoms with Gasteiger partial charge in [0, 0.05) is 0 Å². The van der Waals surface area contributed by atoms with Crippen molar-refractivity contribution in [2.24, 2.45) is 0 Å². The highest BCUT2D eigenvalue weighted by atomic mass is 16.7. The second kappa shape index (κ2) is 54.9. The summed E-state index contributed by atoms with van der Waals surface area (Å²) in [5.74, 6) is -0.712. The SMILES string of the molecule is CCCCCCCCCCCCC/C=C\CCCCCCCCC(O)C(=O)NC(COC1OC(CO)C(O)C(O)C1O)C(O)C(O)CCC/C=C/CC/C=C/CCCCCCCCCCCCCCCCCCCCCC. The lowest BCUT2D eigenvalue weighted by Crippen LogP contribution is -2.60. The third-order valence-corrected chi connectivity index (χ3v) is 15.9. The first-order valence-corrected chi connectivity index (χ1v) is 32.9. The standard InChI is InChI=1S/C66H125NO10/c1-3-5-7-9-11-13-15-17-19-21-23-25-26-27-28-29-30-31-32-34-35-37-39-41-43-45-47-49-51-53-58(69)61(71)57(56-76-66-64(74)63(73)62(72)60(55-68)77-66)67-65(75)59(70)54-52-50-48-46-44-42-40-38-36-33-24-22-20-18-16-14-12-10-8-6-4-2/h36-39,45,47,57-64,66,68-74H,3-35,40-44,46,48-56H2,1-2H3,(H,67,75)/b38-36-,39-37+,47-45+. The summed E-state index contributed by atoms with van der Waals surface area (Å²) < 4.78 is 11.2. The summed E-state index contributed by atoms with van der Waals surface area (Å²) in [6.07, 6.45) is 57.9. The summed E-state index contributed by atoms with van der Waals surface area (Å²) >= 11 is 0. The van der Waals surface area contributed by atoms with Crippen LogP contribution in [-0.4, -0.2) is 110 Å². The molecule has 0 aromatic heterocycles. The zero-order valence-electron chi connectivity index (χ0n) is 50.0. The number of ether oxygens (including phenoxy) is 2. The van der Waals surface area contributed by atoms with Gasteiger partial charge in [-0.2, -0.15) is 0 Å². The number of unbranched alkanes of at least 4 members (excludes halogenated alkanes) is 39. The number of rotatable bonds is 57. The summed E-state index contributed by atoms with van der Waals surface area (Å²) in [6, 6.07) is -1.20. The topological polar surface area (TPSA) is 189 Å². The molecule has 0 aromatic carbocycles. The maximum atomic E-state index is 13.2. The van der Waals surface area contributed by atoms with Gasteiger partial charge < -0.3 is 50.5 Å². The number of aliphatic hydroxyl groups excluding tert-OH is 7. The van der Waals surface area contributed by atoms with Crippen LogP contribution in [0, 0.1) is 0 Å². The molecule has 0 spiro atoms. The highest BCUT2D eigenvalue weighted by molar-refractivity contribution is 5.80. The molecule has 11 nitrogen and oxygen atoms in total. The number of hydrogen-bond donors (Lipinski definition) is 8. The van der Waals surface area contributed by atoms with Gasteiger partial charge in [-0.15, -0.1) is 0 Å². The number of allylic oxidation sites excluding steroid dienone is 6. The minimum absolute atomic E-state index is 0.244. The van der Waals surface area contributed by atoms with Gasteiger partial charge in [-0.1, -0.05) is 269 Å². The predicted molar refractivity (Wildman–Crippen MR) is 321 cm³/mol. The summed E-state index contributed by atoms with van der Waals surface area (Å²) in [5.41, 5.74) is 0. The fourth-order valence-electron chi connectivity index (χ4n) is 10.6. The van der Waals surface area contributed by atoms with Crippen LogP contribution in [0.1, 0.15) is 309 Å². The Hall–Kier alpha value is -1.67. The van der Waals surface area contributed by atoms with Gasteiger partial charge in [-0.3, -0.25) is 4.79 Å². The van der Waals surface area contributed by atoms with Crippen molar-refractivity contribution < 1.29 is 50.0 Å². The van der Waals surface area contributed by atoms with E-state index in [2.05, 4.69) is 55.6 Å².